The highest BCUT2D eigenvalue weighted by molar-refractivity contribution is 5.74. The number of halogens is 2. The summed E-state index contributed by atoms with van der Waals surface area (Å²) in [6.45, 7) is 0. The molecule has 0 unspecified atom stereocenters. The van der Waals surface area contributed by atoms with E-state index in [1.807, 2.05) is 0 Å². The largest absolute Gasteiger partial charge is 0.504 e. The van der Waals surface area contributed by atoms with Gasteiger partial charge in [0.15, 0.2) is 5.75 Å². The fourth-order valence-corrected chi connectivity index (χ4v) is 1.08. The van der Waals surface area contributed by atoms with E-state index in [2.05, 4.69) is 9.72 Å². The van der Waals surface area contributed by atoms with Crippen molar-refractivity contribution < 1.29 is 23.4 Å². The van der Waals surface area contributed by atoms with Gasteiger partial charge in [0.05, 0.1) is 24.9 Å². The summed E-state index contributed by atoms with van der Waals surface area (Å²) >= 11 is 0. The number of carbonyl (C=O) groups excluding carboxylic acids is 1. The smallest absolute Gasteiger partial charge is 0.311 e. The zero-order chi connectivity index (χ0) is 12.3. The highest BCUT2D eigenvalue weighted by atomic mass is 19.3. The van der Waals surface area contributed by atoms with E-state index in [-0.39, 0.29) is 11.4 Å². The summed E-state index contributed by atoms with van der Waals surface area (Å²) in [6.07, 6.45) is -3.23. The first-order valence-corrected chi connectivity index (χ1v) is 4.29. The third-order valence-corrected chi connectivity index (χ3v) is 1.88. The van der Waals surface area contributed by atoms with Gasteiger partial charge in [-0.3, -0.25) is 4.79 Å². The summed E-state index contributed by atoms with van der Waals surface area (Å²) in [5.74, 6) is -1.18. The van der Waals surface area contributed by atoms with Gasteiger partial charge < -0.3 is 15.6 Å². The number of pyridine rings is 1. The van der Waals surface area contributed by atoms with Gasteiger partial charge in [-0.25, -0.2) is 13.8 Å². The van der Waals surface area contributed by atoms with Crippen LogP contribution in [0.5, 0.6) is 5.75 Å². The van der Waals surface area contributed by atoms with E-state index in [4.69, 9.17) is 5.73 Å². The number of methoxy groups -OCH3 is 1. The quantitative estimate of drug-likeness (QED) is 0.760. The predicted octanol–water partition coefficient (Wildman–Crippen LogP) is 1.02. The SMILES string of the molecule is COC(=O)Cc1nc(C(F)F)cc(N)c1O. The second-order valence-corrected chi connectivity index (χ2v) is 2.99. The lowest BCUT2D eigenvalue weighted by Gasteiger charge is -2.08. The summed E-state index contributed by atoms with van der Waals surface area (Å²) in [6, 6.07) is 0.862. The Balaban J connectivity index is 3.11. The number of anilines is 1. The van der Waals surface area contributed by atoms with Crippen LogP contribution in [0.1, 0.15) is 17.8 Å². The van der Waals surface area contributed by atoms with Gasteiger partial charge in [0.25, 0.3) is 6.43 Å². The van der Waals surface area contributed by atoms with E-state index in [0.29, 0.717) is 0 Å². The summed E-state index contributed by atoms with van der Waals surface area (Å²) < 4.78 is 29.1. The number of alkyl halides is 2. The number of aromatic nitrogens is 1. The first kappa shape index (κ1) is 12.2. The van der Waals surface area contributed by atoms with Gasteiger partial charge in [0.2, 0.25) is 0 Å². The molecule has 0 saturated carbocycles. The molecule has 16 heavy (non-hydrogen) atoms. The second kappa shape index (κ2) is 4.73. The topological polar surface area (TPSA) is 85.4 Å². The maximum atomic E-state index is 12.4. The Hall–Kier alpha value is -1.92. The summed E-state index contributed by atoms with van der Waals surface area (Å²) in [5, 5.41) is 9.41. The molecule has 0 atom stereocenters. The lowest BCUT2D eigenvalue weighted by atomic mass is 10.2. The molecule has 0 aliphatic heterocycles. The number of carbonyl (C=O) groups is 1. The molecule has 0 aliphatic rings. The Morgan fingerprint density at radius 3 is 2.81 bits per heavy atom. The fourth-order valence-electron chi connectivity index (χ4n) is 1.08. The molecule has 0 aliphatic carbocycles. The van der Waals surface area contributed by atoms with Gasteiger partial charge in [0, 0.05) is 0 Å². The molecule has 1 aromatic rings. The van der Waals surface area contributed by atoms with Crippen molar-refractivity contribution in [1.82, 2.24) is 4.98 Å². The Bertz CT molecular complexity index is 410. The maximum Gasteiger partial charge on any atom is 0.311 e. The minimum atomic E-state index is -2.82. The van der Waals surface area contributed by atoms with Crippen LogP contribution in [0.4, 0.5) is 14.5 Å². The minimum Gasteiger partial charge on any atom is -0.504 e. The lowest BCUT2D eigenvalue weighted by Crippen LogP contribution is -2.09. The van der Waals surface area contributed by atoms with Crippen molar-refractivity contribution in [3.05, 3.63) is 17.5 Å². The molecule has 1 heterocycles. The molecule has 3 N–H and O–H groups in total. The van der Waals surface area contributed by atoms with Gasteiger partial charge in [-0.05, 0) is 6.07 Å². The molecule has 1 aromatic heterocycles. The number of esters is 1. The first-order valence-electron chi connectivity index (χ1n) is 4.29. The fraction of sp³-hybridized carbons (Fsp3) is 0.333. The third kappa shape index (κ3) is 2.56. The highest BCUT2D eigenvalue weighted by Crippen LogP contribution is 2.28. The van der Waals surface area contributed by atoms with Crippen LogP contribution in [0.25, 0.3) is 0 Å². The van der Waals surface area contributed by atoms with Crippen LogP contribution in [0, 0.1) is 0 Å². The molecule has 1 rings (SSSR count). The van der Waals surface area contributed by atoms with Crippen molar-refractivity contribution in [1.29, 1.82) is 0 Å². The van der Waals surface area contributed by atoms with Crippen LogP contribution < -0.4 is 5.73 Å². The number of hydrogen-bond acceptors (Lipinski definition) is 5. The van der Waals surface area contributed by atoms with Crippen molar-refractivity contribution in [3.63, 3.8) is 0 Å². The Morgan fingerprint density at radius 1 is 1.69 bits per heavy atom. The number of nitrogens with two attached hydrogens (primary N) is 1. The van der Waals surface area contributed by atoms with Crippen LogP contribution >= 0.6 is 0 Å². The molecular formula is C9H10F2N2O3. The van der Waals surface area contributed by atoms with Crippen LogP contribution in [0.2, 0.25) is 0 Å². The third-order valence-electron chi connectivity index (χ3n) is 1.88. The van der Waals surface area contributed by atoms with E-state index in [1.54, 1.807) is 0 Å². The van der Waals surface area contributed by atoms with E-state index >= 15 is 0 Å². The summed E-state index contributed by atoms with van der Waals surface area (Å²) in [4.78, 5) is 14.4. The maximum absolute atomic E-state index is 12.4. The van der Waals surface area contributed by atoms with Crippen LogP contribution in [-0.4, -0.2) is 23.2 Å². The first-order chi connectivity index (χ1) is 7.45. The van der Waals surface area contributed by atoms with Crippen molar-refractivity contribution in [2.75, 3.05) is 12.8 Å². The van der Waals surface area contributed by atoms with Gasteiger partial charge in [0.1, 0.15) is 5.69 Å². The molecule has 0 aromatic carbocycles. The Morgan fingerprint density at radius 2 is 2.31 bits per heavy atom. The van der Waals surface area contributed by atoms with E-state index < -0.39 is 30.3 Å². The molecular weight excluding hydrogens is 222 g/mol. The zero-order valence-electron chi connectivity index (χ0n) is 8.41. The van der Waals surface area contributed by atoms with E-state index in [1.165, 1.54) is 0 Å². The van der Waals surface area contributed by atoms with Crippen molar-refractivity contribution in [2.45, 2.75) is 12.8 Å². The highest BCUT2D eigenvalue weighted by Gasteiger charge is 2.17. The average Bonchev–Trinajstić information content (AvgIpc) is 2.23. The van der Waals surface area contributed by atoms with Gasteiger partial charge in [-0.1, -0.05) is 0 Å². The van der Waals surface area contributed by atoms with Gasteiger partial charge >= 0.3 is 5.97 Å². The van der Waals surface area contributed by atoms with Gasteiger partial charge in [-0.15, -0.1) is 0 Å². The average molecular weight is 232 g/mol. The van der Waals surface area contributed by atoms with Crippen molar-refractivity contribution in [3.8, 4) is 5.75 Å². The minimum absolute atomic E-state index is 0.220. The Labute approximate surface area is 89.9 Å². The summed E-state index contributed by atoms with van der Waals surface area (Å²) in [7, 11) is 1.14. The normalized spacial score (nSPS) is 10.5. The second-order valence-electron chi connectivity index (χ2n) is 2.99. The molecule has 0 saturated heterocycles. The molecule has 7 heteroatoms. The monoisotopic (exact) mass is 232 g/mol. The van der Waals surface area contributed by atoms with Gasteiger partial charge in [-0.2, -0.15) is 0 Å². The number of aromatic hydroxyl groups is 1. The number of hydrogen-bond donors (Lipinski definition) is 2. The number of rotatable bonds is 3. The standard InChI is InChI=1S/C9H10F2N2O3/c1-16-7(14)3-5-8(15)4(12)2-6(13-5)9(10)11/h2,9,15H,3H2,1H3,(H2,12,13). The van der Waals surface area contributed by atoms with Crippen LogP contribution in [-0.2, 0) is 16.0 Å². The number of ether oxygens (including phenoxy) is 1. The van der Waals surface area contributed by atoms with Crippen molar-refractivity contribution >= 4 is 11.7 Å². The van der Waals surface area contributed by atoms with E-state index in [9.17, 15) is 18.7 Å². The van der Waals surface area contributed by atoms with Crippen LogP contribution in [0.15, 0.2) is 6.07 Å². The molecule has 0 fully saturated rings. The molecule has 88 valence electrons. The predicted molar refractivity (Wildman–Crippen MR) is 51.0 cm³/mol. The molecule has 0 amide bonds. The summed E-state index contributed by atoms with van der Waals surface area (Å²) in [5.41, 5.74) is 4.25. The number of nitrogens with zero attached hydrogens (tertiary/aromatic N) is 1. The van der Waals surface area contributed by atoms with E-state index in [0.717, 1.165) is 13.2 Å². The van der Waals surface area contributed by atoms with Crippen LogP contribution in [0.3, 0.4) is 0 Å². The molecule has 0 bridgehead atoms. The molecule has 0 spiro atoms. The lowest BCUT2D eigenvalue weighted by molar-refractivity contribution is -0.139. The van der Waals surface area contributed by atoms with Crippen molar-refractivity contribution in [2.24, 2.45) is 0 Å². The molecule has 0 radical (unpaired) electrons. The zero-order valence-corrected chi connectivity index (χ0v) is 8.41. The number of nitrogen functional groups attached to an aromatic ring is 1. The Kier molecular flexibility index (Phi) is 3.60. The molecule has 5 nitrogen and oxygen atoms in total.